The Morgan fingerprint density at radius 2 is 1.53 bits per heavy atom. The third kappa shape index (κ3) is 2.67. The highest BCUT2D eigenvalue weighted by Crippen LogP contribution is 2.34. The monoisotopic (exact) mass is 282 g/mol. The minimum atomic E-state index is -4.79. The number of benzene rings is 1. The molecule has 0 fully saturated rings. The highest BCUT2D eigenvalue weighted by Gasteiger charge is 2.30. The van der Waals surface area contributed by atoms with Crippen molar-refractivity contribution >= 4 is 33.1 Å². The van der Waals surface area contributed by atoms with Crippen molar-refractivity contribution in [2.24, 2.45) is 0 Å². The van der Waals surface area contributed by atoms with Gasteiger partial charge in [0.25, 0.3) is 10.1 Å². The molecule has 0 aromatic heterocycles. The number of nitro groups is 2. The molecule has 0 saturated carbocycles. The maximum atomic E-state index is 10.8. The number of nitrogens with zero attached hydrogens (tertiary/aromatic N) is 2. The van der Waals surface area contributed by atoms with E-state index in [1.165, 1.54) is 0 Å². The van der Waals surface area contributed by atoms with Crippen LogP contribution in [0.3, 0.4) is 0 Å². The fourth-order valence-corrected chi connectivity index (χ4v) is 2.04. The zero-order chi connectivity index (χ0) is 13.4. The van der Waals surface area contributed by atoms with Crippen LogP contribution in [-0.2, 0) is 10.1 Å². The third-order valence-corrected chi connectivity index (χ3v) is 3.02. The van der Waals surface area contributed by atoms with E-state index in [0.29, 0.717) is 12.1 Å². The van der Waals surface area contributed by atoms with Crippen LogP contribution >= 0.6 is 11.6 Å². The first-order valence-corrected chi connectivity index (χ1v) is 5.56. The average molecular weight is 283 g/mol. The van der Waals surface area contributed by atoms with Gasteiger partial charge in [0, 0.05) is 12.1 Å². The quantitative estimate of drug-likeness (QED) is 0.501. The average Bonchev–Trinajstić information content (AvgIpc) is 2.14. The van der Waals surface area contributed by atoms with E-state index in [1.54, 1.807) is 0 Å². The molecule has 1 N–H and O–H groups in total. The van der Waals surface area contributed by atoms with Gasteiger partial charge in [0.05, 0.1) is 14.9 Å². The van der Waals surface area contributed by atoms with Crippen LogP contribution in [0, 0.1) is 20.2 Å². The van der Waals surface area contributed by atoms with Gasteiger partial charge in [-0.1, -0.05) is 11.6 Å². The van der Waals surface area contributed by atoms with Gasteiger partial charge in [-0.05, 0) is 0 Å². The highest BCUT2D eigenvalue weighted by molar-refractivity contribution is 7.86. The molecule has 0 spiro atoms. The minimum Gasteiger partial charge on any atom is -0.282 e. The smallest absolute Gasteiger partial charge is 0.282 e. The summed E-state index contributed by atoms with van der Waals surface area (Å²) in [6.45, 7) is 0. The lowest BCUT2D eigenvalue weighted by molar-refractivity contribution is -0.422. The number of halogens is 1. The van der Waals surface area contributed by atoms with Gasteiger partial charge >= 0.3 is 11.4 Å². The molecule has 0 unspecified atom stereocenters. The maximum Gasteiger partial charge on any atom is 0.347 e. The van der Waals surface area contributed by atoms with Gasteiger partial charge in [-0.3, -0.25) is 24.8 Å². The number of rotatable bonds is 3. The summed E-state index contributed by atoms with van der Waals surface area (Å²) >= 11 is 5.37. The molecule has 92 valence electrons. The zero-order valence-electron chi connectivity index (χ0n) is 7.73. The van der Waals surface area contributed by atoms with Crippen LogP contribution in [-0.4, -0.2) is 22.8 Å². The van der Waals surface area contributed by atoms with Crippen LogP contribution in [0.15, 0.2) is 17.0 Å². The zero-order valence-corrected chi connectivity index (χ0v) is 9.30. The molecule has 1 aromatic rings. The van der Waals surface area contributed by atoms with Crippen molar-refractivity contribution in [2.45, 2.75) is 4.90 Å². The predicted molar refractivity (Wildman–Crippen MR) is 54.6 cm³/mol. The molecule has 1 rings (SSSR count). The Bertz CT molecular complexity index is 611. The summed E-state index contributed by atoms with van der Waals surface area (Å²) in [6, 6.07) is 0.818. The number of hydrogen-bond acceptors (Lipinski definition) is 6. The summed E-state index contributed by atoms with van der Waals surface area (Å²) < 4.78 is 30.3. The topological polar surface area (TPSA) is 141 Å². The van der Waals surface area contributed by atoms with Gasteiger partial charge in [-0.2, -0.15) is 8.42 Å². The normalized spacial score (nSPS) is 11.2. The molecule has 0 aliphatic carbocycles. The van der Waals surface area contributed by atoms with Gasteiger partial charge in [-0.25, -0.2) is 0 Å². The van der Waals surface area contributed by atoms with Crippen molar-refractivity contribution in [2.75, 3.05) is 0 Å². The molecule has 0 atom stereocenters. The van der Waals surface area contributed by atoms with Crippen molar-refractivity contribution in [3.8, 4) is 0 Å². The fraction of sp³-hybridized carbons (Fsp3) is 0. The Morgan fingerprint density at radius 3 is 1.88 bits per heavy atom. The predicted octanol–water partition coefficient (Wildman–Crippen LogP) is 1.40. The SMILES string of the molecule is O=[N+]([O-])c1cc(Cl)c(S(=O)(=O)O)cc1[N+](=O)[O-]. The molecule has 0 amide bonds. The summed E-state index contributed by atoms with van der Waals surface area (Å²) in [5, 5.41) is 20.3. The van der Waals surface area contributed by atoms with E-state index in [0.717, 1.165) is 0 Å². The summed E-state index contributed by atoms with van der Waals surface area (Å²) in [4.78, 5) is 17.8. The van der Waals surface area contributed by atoms with Crippen molar-refractivity contribution in [3.05, 3.63) is 37.4 Å². The first-order chi connectivity index (χ1) is 7.64. The van der Waals surface area contributed by atoms with E-state index in [2.05, 4.69) is 0 Å². The second-order valence-corrected chi connectivity index (χ2v) is 4.56. The number of nitro benzene ring substituents is 2. The molecule has 0 saturated heterocycles. The molecule has 0 aliphatic heterocycles. The Labute approximate surface area is 98.7 Å². The second kappa shape index (κ2) is 4.24. The molecular formula is C6H3ClN2O7S. The van der Waals surface area contributed by atoms with Crippen LogP contribution in [0.4, 0.5) is 11.4 Å². The molecule has 0 bridgehead atoms. The minimum absolute atomic E-state index is 0.329. The molecule has 9 nitrogen and oxygen atoms in total. The van der Waals surface area contributed by atoms with Crippen molar-refractivity contribution < 1.29 is 22.8 Å². The fourth-order valence-electron chi connectivity index (χ4n) is 1.02. The lowest BCUT2D eigenvalue weighted by Crippen LogP contribution is -2.03. The molecule has 17 heavy (non-hydrogen) atoms. The van der Waals surface area contributed by atoms with Crippen LogP contribution in [0.2, 0.25) is 5.02 Å². The van der Waals surface area contributed by atoms with E-state index in [9.17, 15) is 28.6 Å². The molecule has 1 aromatic carbocycles. The number of hydrogen-bond donors (Lipinski definition) is 1. The first kappa shape index (κ1) is 13.3. The molecule has 0 radical (unpaired) electrons. The lowest BCUT2D eigenvalue weighted by atomic mass is 10.3. The largest absolute Gasteiger partial charge is 0.347 e. The van der Waals surface area contributed by atoms with E-state index in [4.69, 9.17) is 16.2 Å². The summed E-state index contributed by atoms with van der Waals surface area (Å²) in [7, 11) is -4.79. The summed E-state index contributed by atoms with van der Waals surface area (Å²) in [5.74, 6) is 0. The molecular weight excluding hydrogens is 280 g/mol. The first-order valence-electron chi connectivity index (χ1n) is 3.74. The summed E-state index contributed by atoms with van der Waals surface area (Å²) in [5.41, 5.74) is -2.04. The van der Waals surface area contributed by atoms with Gasteiger partial charge in [0.1, 0.15) is 4.90 Å². The van der Waals surface area contributed by atoms with Crippen LogP contribution in [0.1, 0.15) is 0 Å². The van der Waals surface area contributed by atoms with Crippen LogP contribution in [0.5, 0.6) is 0 Å². The van der Waals surface area contributed by atoms with E-state index >= 15 is 0 Å². The Balaban J connectivity index is 3.69. The Kier molecular flexibility index (Phi) is 3.31. The lowest BCUT2D eigenvalue weighted by Gasteiger charge is -2.01. The van der Waals surface area contributed by atoms with Gasteiger partial charge in [0.15, 0.2) is 0 Å². The van der Waals surface area contributed by atoms with E-state index in [-0.39, 0.29) is 0 Å². The molecule has 0 aliphatic rings. The maximum absolute atomic E-state index is 10.8. The van der Waals surface area contributed by atoms with Crippen molar-refractivity contribution in [1.29, 1.82) is 0 Å². The van der Waals surface area contributed by atoms with E-state index < -0.39 is 41.3 Å². The second-order valence-electron chi connectivity index (χ2n) is 2.76. The third-order valence-electron chi connectivity index (χ3n) is 1.70. The highest BCUT2D eigenvalue weighted by atomic mass is 35.5. The molecule has 0 heterocycles. The van der Waals surface area contributed by atoms with E-state index in [1.807, 2.05) is 0 Å². The Morgan fingerprint density at radius 1 is 1.12 bits per heavy atom. The van der Waals surface area contributed by atoms with Crippen LogP contribution in [0.25, 0.3) is 0 Å². The van der Waals surface area contributed by atoms with Crippen LogP contribution < -0.4 is 0 Å². The summed E-state index contributed by atoms with van der Waals surface area (Å²) in [6.07, 6.45) is 0. The van der Waals surface area contributed by atoms with Crippen molar-refractivity contribution in [1.82, 2.24) is 0 Å². The standard InChI is InChI=1S/C6H3ClN2O7S/c7-3-1-4(8(10)11)5(9(12)13)2-6(3)17(14,15)16/h1-2H,(H,14,15,16). The van der Waals surface area contributed by atoms with Gasteiger partial charge in [-0.15, -0.1) is 0 Å². The van der Waals surface area contributed by atoms with Gasteiger partial charge in [0.2, 0.25) is 0 Å². The van der Waals surface area contributed by atoms with Crippen molar-refractivity contribution in [3.63, 3.8) is 0 Å². The van der Waals surface area contributed by atoms with Gasteiger partial charge < -0.3 is 0 Å². The Hall–Kier alpha value is -1.78. The molecule has 11 heteroatoms.